The maximum atomic E-state index is 11.8. The first-order valence-electron chi connectivity index (χ1n) is 9.25. The Kier molecular flexibility index (Phi) is 5.17. The Morgan fingerprint density at radius 3 is 2.54 bits per heavy atom. The normalized spacial score (nSPS) is 15.8. The summed E-state index contributed by atoms with van der Waals surface area (Å²) in [6.45, 7) is 9.98. The number of anilines is 1. The second-order valence-electron chi connectivity index (χ2n) is 7.49. The molecule has 3 rings (SSSR count). The molecule has 0 unspecified atom stereocenters. The van der Waals surface area contributed by atoms with Crippen molar-refractivity contribution in [2.75, 3.05) is 18.5 Å². The van der Waals surface area contributed by atoms with Crippen LogP contribution in [0.15, 0.2) is 42.5 Å². The molecule has 0 bridgehead atoms. The first-order valence-corrected chi connectivity index (χ1v) is 9.25. The van der Waals surface area contributed by atoms with Crippen LogP contribution in [0.2, 0.25) is 0 Å². The minimum atomic E-state index is -0.274. The van der Waals surface area contributed by atoms with Crippen molar-refractivity contribution in [2.24, 2.45) is 0 Å². The predicted octanol–water partition coefficient (Wildman–Crippen LogP) is 5.52. The molecular weight excluding hydrogens is 322 g/mol. The monoisotopic (exact) mass is 349 g/mol. The number of benzene rings is 2. The molecule has 0 aliphatic carbocycles. The van der Waals surface area contributed by atoms with Crippen molar-refractivity contribution < 1.29 is 9.53 Å². The Bertz CT molecular complexity index is 832. The highest BCUT2D eigenvalue weighted by atomic mass is 16.5. The maximum Gasteiger partial charge on any atom is 0.338 e. The van der Waals surface area contributed by atoms with Crippen molar-refractivity contribution in [1.82, 2.24) is 0 Å². The van der Waals surface area contributed by atoms with Crippen LogP contribution in [0.25, 0.3) is 11.6 Å². The summed E-state index contributed by atoms with van der Waals surface area (Å²) in [5.74, 6) is -0.274. The van der Waals surface area contributed by atoms with Gasteiger partial charge in [0.15, 0.2) is 0 Å². The molecule has 2 aromatic rings. The van der Waals surface area contributed by atoms with Crippen LogP contribution in [0.5, 0.6) is 0 Å². The van der Waals surface area contributed by atoms with Crippen molar-refractivity contribution in [3.05, 3.63) is 64.7 Å². The fourth-order valence-electron chi connectivity index (χ4n) is 3.41. The molecule has 0 aromatic heterocycles. The fraction of sp³-hybridized carbons (Fsp3) is 0.348. The number of ether oxygens (including phenoxy) is 1. The van der Waals surface area contributed by atoms with Crippen LogP contribution >= 0.6 is 0 Å². The van der Waals surface area contributed by atoms with E-state index in [1.54, 1.807) is 0 Å². The van der Waals surface area contributed by atoms with Gasteiger partial charge in [-0.25, -0.2) is 4.79 Å². The first-order chi connectivity index (χ1) is 12.4. The lowest BCUT2D eigenvalue weighted by Gasteiger charge is -2.33. The van der Waals surface area contributed by atoms with Gasteiger partial charge in [-0.3, -0.25) is 0 Å². The van der Waals surface area contributed by atoms with Crippen LogP contribution in [0.4, 0.5) is 5.69 Å². The molecule has 0 saturated heterocycles. The lowest BCUT2D eigenvalue weighted by Crippen LogP contribution is -2.28. The van der Waals surface area contributed by atoms with Gasteiger partial charge < -0.3 is 10.1 Å². The Labute approximate surface area is 156 Å². The molecule has 1 aliphatic rings. The lowest BCUT2D eigenvalue weighted by atomic mass is 9.77. The summed E-state index contributed by atoms with van der Waals surface area (Å²) in [5.41, 5.74) is 6.92. The van der Waals surface area contributed by atoms with Gasteiger partial charge in [0.25, 0.3) is 0 Å². The number of carbonyl (C=O) groups excluding carboxylic acids is 1. The van der Waals surface area contributed by atoms with Crippen molar-refractivity contribution in [3.8, 4) is 0 Å². The zero-order valence-electron chi connectivity index (χ0n) is 16.1. The van der Waals surface area contributed by atoms with Crippen LogP contribution in [-0.4, -0.2) is 19.1 Å². The van der Waals surface area contributed by atoms with Gasteiger partial charge in [-0.1, -0.05) is 38.1 Å². The Morgan fingerprint density at radius 2 is 1.85 bits per heavy atom. The summed E-state index contributed by atoms with van der Waals surface area (Å²) < 4.78 is 5.03. The van der Waals surface area contributed by atoms with Crippen molar-refractivity contribution >= 4 is 23.3 Å². The van der Waals surface area contributed by atoms with Gasteiger partial charge in [-0.05, 0) is 72.2 Å². The number of carbonyl (C=O) groups is 1. The van der Waals surface area contributed by atoms with Gasteiger partial charge in [-0.15, -0.1) is 0 Å². The minimum Gasteiger partial charge on any atom is -0.462 e. The molecule has 3 nitrogen and oxygen atoms in total. The average molecular weight is 349 g/mol. The summed E-state index contributed by atoms with van der Waals surface area (Å²) in [5, 5.41) is 3.50. The van der Waals surface area contributed by atoms with Crippen molar-refractivity contribution in [1.29, 1.82) is 0 Å². The van der Waals surface area contributed by atoms with E-state index < -0.39 is 0 Å². The molecule has 3 heteroatoms. The molecule has 1 N–H and O–H groups in total. The zero-order chi connectivity index (χ0) is 18.7. The number of rotatable bonds is 4. The summed E-state index contributed by atoms with van der Waals surface area (Å²) in [6, 6.07) is 14.2. The van der Waals surface area contributed by atoms with E-state index in [-0.39, 0.29) is 11.4 Å². The quantitative estimate of drug-likeness (QED) is 0.584. The van der Waals surface area contributed by atoms with Gasteiger partial charge in [0.2, 0.25) is 0 Å². The average Bonchev–Trinajstić information content (AvgIpc) is 2.62. The number of esters is 1. The SMILES string of the molecule is CCOC(=O)c1ccc(C=C(C)c2ccc3c(c2)C(C)(C)CCN3)cc1. The van der Waals surface area contributed by atoms with Crippen LogP contribution in [-0.2, 0) is 10.2 Å². The van der Waals surface area contributed by atoms with Crippen LogP contribution < -0.4 is 5.32 Å². The second-order valence-corrected chi connectivity index (χ2v) is 7.49. The van der Waals surface area contributed by atoms with Crippen molar-refractivity contribution in [3.63, 3.8) is 0 Å². The molecule has 0 saturated carbocycles. The fourth-order valence-corrected chi connectivity index (χ4v) is 3.41. The molecule has 26 heavy (non-hydrogen) atoms. The second kappa shape index (κ2) is 7.36. The standard InChI is InChI=1S/C23H27NO2/c1-5-26-22(25)18-8-6-17(7-9-18)14-16(2)19-10-11-21-20(15-19)23(3,4)12-13-24-21/h6-11,14-15,24H,5,12-13H2,1-4H3. The molecule has 0 atom stereocenters. The minimum absolute atomic E-state index is 0.193. The number of hydrogen-bond acceptors (Lipinski definition) is 3. The molecule has 1 aliphatic heterocycles. The van der Waals surface area contributed by atoms with Crippen LogP contribution in [0, 0.1) is 0 Å². The van der Waals surface area contributed by atoms with E-state index in [2.05, 4.69) is 50.4 Å². The van der Waals surface area contributed by atoms with Crippen LogP contribution in [0.3, 0.4) is 0 Å². The topological polar surface area (TPSA) is 38.3 Å². The third kappa shape index (κ3) is 3.82. The third-order valence-electron chi connectivity index (χ3n) is 5.07. The lowest BCUT2D eigenvalue weighted by molar-refractivity contribution is 0.0526. The predicted molar refractivity (Wildman–Crippen MR) is 109 cm³/mol. The molecular formula is C23H27NO2. The highest BCUT2D eigenvalue weighted by molar-refractivity contribution is 5.90. The number of nitrogens with one attached hydrogen (secondary N) is 1. The van der Waals surface area contributed by atoms with E-state index in [0.717, 1.165) is 18.5 Å². The zero-order valence-corrected chi connectivity index (χ0v) is 16.1. The van der Waals surface area contributed by atoms with Gasteiger partial charge in [0.05, 0.1) is 12.2 Å². The van der Waals surface area contributed by atoms with Gasteiger partial charge >= 0.3 is 5.97 Å². The number of hydrogen-bond donors (Lipinski definition) is 1. The highest BCUT2D eigenvalue weighted by Gasteiger charge is 2.27. The van der Waals surface area contributed by atoms with Gasteiger partial charge in [0.1, 0.15) is 0 Å². The summed E-state index contributed by atoms with van der Waals surface area (Å²) >= 11 is 0. The van der Waals surface area contributed by atoms with E-state index in [9.17, 15) is 4.79 Å². The number of allylic oxidation sites excluding steroid dienone is 1. The Hall–Kier alpha value is -2.55. The van der Waals surface area contributed by atoms with Gasteiger partial charge in [-0.2, -0.15) is 0 Å². The Balaban J connectivity index is 1.85. The number of fused-ring (bicyclic) bond motifs is 1. The molecule has 0 spiro atoms. The highest BCUT2D eigenvalue weighted by Crippen LogP contribution is 2.38. The van der Waals surface area contributed by atoms with Crippen LogP contribution in [0.1, 0.15) is 61.2 Å². The van der Waals surface area contributed by atoms with Gasteiger partial charge in [0, 0.05) is 12.2 Å². The van der Waals surface area contributed by atoms with Crippen molar-refractivity contribution in [2.45, 2.75) is 39.5 Å². The largest absolute Gasteiger partial charge is 0.462 e. The van der Waals surface area contributed by atoms with E-state index in [4.69, 9.17) is 4.74 Å². The molecule has 2 aromatic carbocycles. The molecule has 0 radical (unpaired) electrons. The summed E-state index contributed by atoms with van der Waals surface area (Å²) in [7, 11) is 0. The molecule has 1 heterocycles. The van der Waals surface area contributed by atoms with E-state index in [1.807, 2.05) is 31.2 Å². The summed E-state index contributed by atoms with van der Waals surface area (Å²) in [6.07, 6.45) is 3.29. The Morgan fingerprint density at radius 1 is 1.15 bits per heavy atom. The smallest absolute Gasteiger partial charge is 0.338 e. The maximum absolute atomic E-state index is 11.8. The summed E-state index contributed by atoms with van der Waals surface area (Å²) in [4.78, 5) is 11.8. The molecule has 0 fully saturated rings. The molecule has 136 valence electrons. The first kappa shape index (κ1) is 18.2. The van der Waals surface area contributed by atoms with E-state index in [0.29, 0.717) is 12.2 Å². The third-order valence-corrected chi connectivity index (χ3v) is 5.07. The van der Waals surface area contributed by atoms with E-state index in [1.165, 1.54) is 22.4 Å². The molecule has 0 amide bonds. The van der Waals surface area contributed by atoms with E-state index >= 15 is 0 Å².